The van der Waals surface area contributed by atoms with Crippen molar-refractivity contribution in [2.45, 2.75) is 135 Å². The molecule has 0 saturated heterocycles. The zero-order chi connectivity index (χ0) is 29.9. The molecule has 0 heterocycles. The topological polar surface area (TPSA) is 149 Å². The van der Waals surface area contributed by atoms with E-state index in [1.807, 2.05) is 0 Å². The van der Waals surface area contributed by atoms with Gasteiger partial charge in [-0.2, -0.15) is 0 Å². The van der Waals surface area contributed by atoms with E-state index >= 15 is 0 Å². The van der Waals surface area contributed by atoms with Crippen LogP contribution < -0.4 is 0 Å². The SMILES string of the molecule is CC/C=C\CCCCCCCCCC(=O)O[C@H](COC(=O)CCCCCCCC)COP(=O)(O)OC[C@@H](O)CO. The first-order valence-corrected chi connectivity index (χ1v) is 16.6. The molecule has 0 aromatic rings. The summed E-state index contributed by atoms with van der Waals surface area (Å²) in [6.45, 7) is 2.16. The standard InChI is InChI=1S/C29H55O10P/c1-3-5-7-9-11-12-13-14-15-17-19-21-29(33)39-27(25-38-40(34,35)37-23-26(31)22-30)24-36-28(32)20-18-16-10-8-6-4-2/h5,7,26-27,30-31H,3-4,6,8-25H2,1-2H3,(H,34,35)/b7-5-/t26-,27+/m0/s1. The molecule has 0 amide bonds. The Bertz CT molecular complexity index is 700. The van der Waals surface area contributed by atoms with E-state index < -0.39 is 51.8 Å². The molecule has 0 spiro atoms. The van der Waals surface area contributed by atoms with Crippen molar-refractivity contribution in [3.63, 3.8) is 0 Å². The molecule has 236 valence electrons. The van der Waals surface area contributed by atoms with Crippen molar-refractivity contribution in [3.05, 3.63) is 12.2 Å². The van der Waals surface area contributed by atoms with Gasteiger partial charge >= 0.3 is 19.8 Å². The third-order valence-corrected chi connectivity index (χ3v) is 7.13. The highest BCUT2D eigenvalue weighted by Gasteiger charge is 2.27. The van der Waals surface area contributed by atoms with Crippen molar-refractivity contribution >= 4 is 19.8 Å². The first-order chi connectivity index (χ1) is 19.2. The number of allylic oxidation sites excluding steroid dienone is 2. The number of phosphoric acid groups is 1. The van der Waals surface area contributed by atoms with E-state index in [0.717, 1.165) is 57.8 Å². The smallest absolute Gasteiger partial charge is 0.462 e. The number of esters is 2. The summed E-state index contributed by atoms with van der Waals surface area (Å²) in [5.41, 5.74) is 0. The maximum absolute atomic E-state index is 12.4. The van der Waals surface area contributed by atoms with Gasteiger partial charge in [0.2, 0.25) is 0 Å². The Morgan fingerprint density at radius 1 is 0.750 bits per heavy atom. The van der Waals surface area contributed by atoms with E-state index in [9.17, 15) is 24.2 Å². The summed E-state index contributed by atoms with van der Waals surface area (Å²) in [6.07, 6.45) is 18.0. The molecule has 0 aliphatic heterocycles. The van der Waals surface area contributed by atoms with Gasteiger partial charge in [-0.25, -0.2) is 4.57 Å². The fourth-order valence-corrected chi connectivity index (χ4v) is 4.61. The number of rotatable bonds is 28. The van der Waals surface area contributed by atoms with E-state index in [4.69, 9.17) is 19.1 Å². The predicted molar refractivity (Wildman–Crippen MR) is 155 cm³/mol. The lowest BCUT2D eigenvalue weighted by atomic mass is 10.1. The number of unbranched alkanes of at least 4 members (excludes halogenated alkanes) is 12. The van der Waals surface area contributed by atoms with E-state index in [1.54, 1.807) is 0 Å². The molecule has 0 rings (SSSR count). The molecule has 0 bridgehead atoms. The largest absolute Gasteiger partial charge is 0.472 e. The summed E-state index contributed by atoms with van der Waals surface area (Å²) in [6, 6.07) is 0. The fourth-order valence-electron chi connectivity index (χ4n) is 3.82. The van der Waals surface area contributed by atoms with Gasteiger partial charge in [-0.1, -0.05) is 90.2 Å². The molecule has 40 heavy (non-hydrogen) atoms. The second-order valence-electron chi connectivity index (χ2n) is 10.1. The van der Waals surface area contributed by atoms with Crippen LogP contribution in [0.25, 0.3) is 0 Å². The molecule has 0 aliphatic rings. The second kappa shape index (κ2) is 26.6. The molecule has 0 fully saturated rings. The Hall–Kier alpha value is -1.29. The molecule has 0 aromatic heterocycles. The summed E-state index contributed by atoms with van der Waals surface area (Å²) >= 11 is 0. The third kappa shape index (κ3) is 25.7. The molecule has 3 N–H and O–H groups in total. The maximum atomic E-state index is 12.4. The minimum Gasteiger partial charge on any atom is -0.462 e. The lowest BCUT2D eigenvalue weighted by molar-refractivity contribution is -0.161. The minimum atomic E-state index is -4.59. The van der Waals surface area contributed by atoms with Crippen LogP contribution in [0.15, 0.2) is 12.2 Å². The highest BCUT2D eigenvalue weighted by molar-refractivity contribution is 7.47. The molecule has 0 radical (unpaired) electrons. The highest BCUT2D eigenvalue weighted by atomic mass is 31.2. The quantitative estimate of drug-likeness (QED) is 0.0416. The molecule has 0 saturated carbocycles. The van der Waals surface area contributed by atoms with Crippen molar-refractivity contribution in [1.29, 1.82) is 0 Å². The number of phosphoric ester groups is 1. The van der Waals surface area contributed by atoms with Crippen LogP contribution in [0.2, 0.25) is 0 Å². The molecular weight excluding hydrogens is 539 g/mol. The number of hydrogen-bond donors (Lipinski definition) is 3. The number of carbonyl (C=O) groups excluding carboxylic acids is 2. The van der Waals surface area contributed by atoms with Gasteiger partial charge in [0, 0.05) is 12.8 Å². The van der Waals surface area contributed by atoms with Crippen LogP contribution in [0, 0.1) is 0 Å². The van der Waals surface area contributed by atoms with E-state index in [2.05, 4.69) is 30.5 Å². The lowest BCUT2D eigenvalue weighted by Crippen LogP contribution is -2.29. The average Bonchev–Trinajstić information content (AvgIpc) is 2.93. The number of aliphatic hydroxyl groups excluding tert-OH is 2. The molecule has 0 aliphatic carbocycles. The second-order valence-corrected chi connectivity index (χ2v) is 11.6. The molecule has 3 atom stereocenters. The van der Waals surface area contributed by atoms with Gasteiger partial charge in [0.15, 0.2) is 6.10 Å². The van der Waals surface area contributed by atoms with Crippen LogP contribution in [-0.4, -0.2) is 65.7 Å². The molecule has 11 heteroatoms. The molecule has 1 unspecified atom stereocenters. The number of aliphatic hydroxyl groups is 2. The van der Waals surface area contributed by atoms with Crippen molar-refractivity contribution in [1.82, 2.24) is 0 Å². The first-order valence-electron chi connectivity index (χ1n) is 15.1. The van der Waals surface area contributed by atoms with Crippen LogP contribution in [0.3, 0.4) is 0 Å². The average molecular weight is 595 g/mol. The molecular formula is C29H55O10P. The Morgan fingerprint density at radius 3 is 1.90 bits per heavy atom. The maximum Gasteiger partial charge on any atom is 0.472 e. The summed E-state index contributed by atoms with van der Waals surface area (Å²) in [7, 11) is -4.59. The van der Waals surface area contributed by atoms with Gasteiger partial charge in [-0.15, -0.1) is 0 Å². The van der Waals surface area contributed by atoms with Crippen molar-refractivity contribution in [2.24, 2.45) is 0 Å². The van der Waals surface area contributed by atoms with Crippen LogP contribution in [0.5, 0.6) is 0 Å². The highest BCUT2D eigenvalue weighted by Crippen LogP contribution is 2.43. The predicted octanol–water partition coefficient (Wildman–Crippen LogP) is 6.16. The summed E-state index contributed by atoms with van der Waals surface area (Å²) < 4.78 is 32.2. The van der Waals surface area contributed by atoms with Gasteiger partial charge < -0.3 is 24.6 Å². The first kappa shape index (κ1) is 38.7. The Balaban J connectivity index is 4.47. The van der Waals surface area contributed by atoms with Crippen molar-refractivity contribution in [2.75, 3.05) is 26.4 Å². The van der Waals surface area contributed by atoms with Crippen molar-refractivity contribution in [3.8, 4) is 0 Å². The zero-order valence-corrected chi connectivity index (χ0v) is 25.7. The molecule has 0 aromatic carbocycles. The lowest BCUT2D eigenvalue weighted by Gasteiger charge is -2.20. The Labute approximate surface area is 241 Å². The van der Waals surface area contributed by atoms with Crippen LogP contribution >= 0.6 is 7.82 Å². The van der Waals surface area contributed by atoms with Crippen LogP contribution in [0.1, 0.15) is 123 Å². The number of carbonyl (C=O) groups is 2. The number of ether oxygens (including phenoxy) is 2. The normalized spacial score (nSPS) is 14.6. The van der Waals surface area contributed by atoms with Crippen LogP contribution in [0.4, 0.5) is 0 Å². The minimum absolute atomic E-state index is 0.181. The summed E-state index contributed by atoms with van der Waals surface area (Å²) in [5.74, 6) is -0.944. The van der Waals surface area contributed by atoms with Gasteiger partial charge in [0.1, 0.15) is 12.7 Å². The monoisotopic (exact) mass is 594 g/mol. The van der Waals surface area contributed by atoms with E-state index in [1.165, 1.54) is 25.7 Å². The van der Waals surface area contributed by atoms with E-state index in [0.29, 0.717) is 12.8 Å². The molecule has 10 nitrogen and oxygen atoms in total. The van der Waals surface area contributed by atoms with Gasteiger partial charge in [-0.3, -0.25) is 18.6 Å². The summed E-state index contributed by atoms with van der Waals surface area (Å²) in [4.78, 5) is 34.3. The Morgan fingerprint density at radius 2 is 1.30 bits per heavy atom. The van der Waals surface area contributed by atoms with Gasteiger partial charge in [0.05, 0.1) is 19.8 Å². The third-order valence-electron chi connectivity index (χ3n) is 6.18. The Kier molecular flexibility index (Phi) is 25.7. The summed E-state index contributed by atoms with van der Waals surface area (Å²) in [5, 5.41) is 18.1. The van der Waals surface area contributed by atoms with Gasteiger partial charge in [0.25, 0.3) is 0 Å². The van der Waals surface area contributed by atoms with Crippen LogP contribution in [-0.2, 0) is 32.7 Å². The zero-order valence-electron chi connectivity index (χ0n) is 24.8. The number of hydrogen-bond acceptors (Lipinski definition) is 9. The fraction of sp³-hybridized carbons (Fsp3) is 0.862. The van der Waals surface area contributed by atoms with Crippen molar-refractivity contribution < 1.29 is 47.8 Å². The van der Waals surface area contributed by atoms with Gasteiger partial charge in [-0.05, 0) is 32.1 Å². The van der Waals surface area contributed by atoms with E-state index in [-0.39, 0.29) is 19.4 Å².